The number of nitrogens with zero attached hydrogens (tertiary/aromatic N) is 1. The molecule has 0 fully saturated rings. The summed E-state index contributed by atoms with van der Waals surface area (Å²) in [6, 6.07) is 19.3. The first-order chi connectivity index (χ1) is 12.7. The number of aromatic nitrogens is 1. The van der Waals surface area contributed by atoms with Crippen molar-refractivity contribution in [3.63, 3.8) is 0 Å². The molecule has 1 N–H and O–H groups in total. The Kier molecular flexibility index (Phi) is 5.49. The van der Waals surface area contributed by atoms with Gasteiger partial charge in [-0.05, 0) is 23.8 Å². The second-order valence-corrected chi connectivity index (χ2v) is 5.75. The molecule has 1 heterocycles. The van der Waals surface area contributed by atoms with Crippen molar-refractivity contribution in [2.24, 2.45) is 0 Å². The number of carbonyl (C=O) groups excluding carboxylic acids is 1. The maximum atomic E-state index is 12.4. The second-order valence-electron chi connectivity index (χ2n) is 5.75. The SMILES string of the molecule is COc1ccc(NC(=O)C[n+]2cccc(-c3ccccc3)c2)cc1OC. The van der Waals surface area contributed by atoms with Gasteiger partial charge >= 0.3 is 0 Å². The number of hydrogen-bond acceptors (Lipinski definition) is 3. The predicted octanol–water partition coefficient (Wildman–Crippen LogP) is 3.30. The molecule has 3 rings (SSSR count). The highest BCUT2D eigenvalue weighted by Crippen LogP contribution is 2.29. The number of carbonyl (C=O) groups is 1. The van der Waals surface area contributed by atoms with Crippen LogP contribution in [0, 0.1) is 0 Å². The van der Waals surface area contributed by atoms with Crippen LogP contribution in [0.5, 0.6) is 11.5 Å². The fourth-order valence-corrected chi connectivity index (χ4v) is 2.70. The Morgan fingerprint density at radius 2 is 1.65 bits per heavy atom. The number of benzene rings is 2. The lowest BCUT2D eigenvalue weighted by Crippen LogP contribution is -2.39. The summed E-state index contributed by atoms with van der Waals surface area (Å²) in [5.41, 5.74) is 2.83. The van der Waals surface area contributed by atoms with Crippen LogP contribution >= 0.6 is 0 Å². The van der Waals surface area contributed by atoms with Crippen molar-refractivity contribution in [3.8, 4) is 22.6 Å². The third-order valence-corrected chi connectivity index (χ3v) is 3.96. The Bertz CT molecular complexity index is 895. The summed E-state index contributed by atoms with van der Waals surface area (Å²) < 4.78 is 12.3. The van der Waals surface area contributed by atoms with E-state index in [4.69, 9.17) is 9.47 Å². The van der Waals surface area contributed by atoms with E-state index in [1.54, 1.807) is 32.4 Å². The van der Waals surface area contributed by atoms with Crippen molar-refractivity contribution < 1.29 is 18.8 Å². The fourth-order valence-electron chi connectivity index (χ4n) is 2.70. The van der Waals surface area contributed by atoms with E-state index >= 15 is 0 Å². The van der Waals surface area contributed by atoms with Crippen LogP contribution in [0.25, 0.3) is 11.1 Å². The molecule has 132 valence electrons. The summed E-state index contributed by atoms with van der Waals surface area (Å²) in [4.78, 5) is 12.4. The van der Waals surface area contributed by atoms with Gasteiger partial charge in [-0.3, -0.25) is 4.79 Å². The van der Waals surface area contributed by atoms with Gasteiger partial charge in [-0.15, -0.1) is 0 Å². The molecule has 0 radical (unpaired) electrons. The normalized spacial score (nSPS) is 10.2. The van der Waals surface area contributed by atoms with E-state index in [1.807, 2.05) is 59.4 Å². The van der Waals surface area contributed by atoms with Gasteiger partial charge in [-0.1, -0.05) is 30.3 Å². The van der Waals surface area contributed by atoms with Crippen molar-refractivity contribution in [1.29, 1.82) is 0 Å². The first-order valence-corrected chi connectivity index (χ1v) is 8.26. The molecule has 0 atom stereocenters. The smallest absolute Gasteiger partial charge is 0.290 e. The van der Waals surface area contributed by atoms with Crippen LogP contribution in [-0.4, -0.2) is 20.1 Å². The van der Waals surface area contributed by atoms with Crippen LogP contribution in [0.3, 0.4) is 0 Å². The molecular formula is C21H21N2O3+. The van der Waals surface area contributed by atoms with Crippen LogP contribution in [0.1, 0.15) is 0 Å². The van der Waals surface area contributed by atoms with E-state index in [1.165, 1.54) is 0 Å². The van der Waals surface area contributed by atoms with Crippen molar-refractivity contribution >= 4 is 11.6 Å². The zero-order valence-electron chi connectivity index (χ0n) is 14.8. The van der Waals surface area contributed by atoms with Crippen LogP contribution in [0.15, 0.2) is 73.1 Å². The zero-order chi connectivity index (χ0) is 18.4. The molecule has 0 bridgehead atoms. The van der Waals surface area contributed by atoms with Crippen molar-refractivity contribution in [3.05, 3.63) is 73.1 Å². The molecule has 0 aliphatic carbocycles. The molecule has 2 aromatic carbocycles. The van der Waals surface area contributed by atoms with Crippen LogP contribution in [-0.2, 0) is 11.3 Å². The van der Waals surface area contributed by atoms with E-state index in [2.05, 4.69) is 5.32 Å². The molecule has 1 aromatic heterocycles. The molecule has 0 aliphatic heterocycles. The van der Waals surface area contributed by atoms with Gasteiger partial charge < -0.3 is 14.8 Å². The Hall–Kier alpha value is -3.34. The fraction of sp³-hybridized carbons (Fsp3) is 0.143. The molecule has 26 heavy (non-hydrogen) atoms. The number of pyridine rings is 1. The largest absolute Gasteiger partial charge is 0.493 e. The van der Waals surface area contributed by atoms with Gasteiger partial charge in [0, 0.05) is 23.4 Å². The predicted molar refractivity (Wildman–Crippen MR) is 100 cm³/mol. The lowest BCUT2D eigenvalue weighted by atomic mass is 10.1. The zero-order valence-corrected chi connectivity index (χ0v) is 14.8. The first kappa shape index (κ1) is 17.5. The summed E-state index contributed by atoms with van der Waals surface area (Å²) in [5, 5.41) is 2.88. The number of nitrogens with one attached hydrogen (secondary N) is 1. The summed E-state index contributed by atoms with van der Waals surface area (Å²) in [5.74, 6) is 1.08. The number of amides is 1. The van der Waals surface area contributed by atoms with E-state index in [-0.39, 0.29) is 12.5 Å². The third-order valence-electron chi connectivity index (χ3n) is 3.96. The van der Waals surface area contributed by atoms with Gasteiger partial charge in [-0.25, -0.2) is 0 Å². The summed E-state index contributed by atoms with van der Waals surface area (Å²) in [6.45, 7) is 0.217. The minimum absolute atomic E-state index is 0.118. The molecule has 0 aliphatic rings. The molecule has 3 aromatic rings. The summed E-state index contributed by atoms with van der Waals surface area (Å²) >= 11 is 0. The first-order valence-electron chi connectivity index (χ1n) is 8.26. The molecule has 0 unspecified atom stereocenters. The lowest BCUT2D eigenvalue weighted by molar-refractivity contribution is -0.683. The summed E-state index contributed by atoms with van der Waals surface area (Å²) in [7, 11) is 3.14. The van der Waals surface area contributed by atoms with Crippen molar-refractivity contribution in [2.45, 2.75) is 6.54 Å². The van der Waals surface area contributed by atoms with E-state index < -0.39 is 0 Å². The lowest BCUT2D eigenvalue weighted by Gasteiger charge is -2.10. The van der Waals surface area contributed by atoms with E-state index in [0.29, 0.717) is 17.2 Å². The van der Waals surface area contributed by atoms with Gasteiger partial charge in [0.25, 0.3) is 5.91 Å². The average Bonchev–Trinajstić information content (AvgIpc) is 2.68. The standard InChI is InChI=1S/C21H20N2O3/c1-25-19-11-10-18(13-20(19)26-2)22-21(24)15-23-12-6-9-17(14-23)16-7-4-3-5-8-16/h3-14H,15H2,1-2H3/p+1. The van der Waals surface area contributed by atoms with Gasteiger partial charge in [0.1, 0.15) is 0 Å². The minimum atomic E-state index is -0.118. The number of ether oxygens (including phenoxy) is 2. The monoisotopic (exact) mass is 349 g/mol. The Morgan fingerprint density at radius 3 is 2.38 bits per heavy atom. The third kappa shape index (κ3) is 4.19. The van der Waals surface area contributed by atoms with E-state index in [9.17, 15) is 4.79 Å². The molecule has 0 spiro atoms. The van der Waals surface area contributed by atoms with Crippen LogP contribution in [0.4, 0.5) is 5.69 Å². The van der Waals surface area contributed by atoms with E-state index in [0.717, 1.165) is 11.1 Å². The molecule has 0 saturated carbocycles. The number of anilines is 1. The Balaban J connectivity index is 1.71. The molecule has 1 amide bonds. The second kappa shape index (κ2) is 8.16. The minimum Gasteiger partial charge on any atom is -0.493 e. The van der Waals surface area contributed by atoms with Gasteiger partial charge in [0.2, 0.25) is 6.54 Å². The highest BCUT2D eigenvalue weighted by atomic mass is 16.5. The highest BCUT2D eigenvalue weighted by Gasteiger charge is 2.12. The molecule has 0 saturated heterocycles. The van der Waals surface area contributed by atoms with Crippen molar-refractivity contribution in [1.82, 2.24) is 0 Å². The average molecular weight is 349 g/mol. The number of hydrogen-bond donors (Lipinski definition) is 1. The van der Waals surface area contributed by atoms with Crippen LogP contribution in [0.2, 0.25) is 0 Å². The van der Waals surface area contributed by atoms with Gasteiger partial charge in [0.05, 0.1) is 14.2 Å². The number of methoxy groups -OCH3 is 2. The van der Waals surface area contributed by atoms with Crippen LogP contribution < -0.4 is 19.4 Å². The maximum absolute atomic E-state index is 12.4. The highest BCUT2D eigenvalue weighted by molar-refractivity contribution is 5.90. The topological polar surface area (TPSA) is 51.4 Å². The van der Waals surface area contributed by atoms with Gasteiger partial charge in [0.15, 0.2) is 23.9 Å². The molecule has 5 nitrogen and oxygen atoms in total. The summed E-state index contributed by atoms with van der Waals surface area (Å²) in [6.07, 6.45) is 3.84. The number of rotatable bonds is 6. The van der Waals surface area contributed by atoms with Gasteiger partial charge in [-0.2, -0.15) is 4.57 Å². The quantitative estimate of drug-likeness (QED) is 0.695. The molecular weight excluding hydrogens is 328 g/mol. The Morgan fingerprint density at radius 1 is 0.923 bits per heavy atom. The van der Waals surface area contributed by atoms with Crippen molar-refractivity contribution in [2.75, 3.05) is 19.5 Å². The molecule has 5 heteroatoms. The Labute approximate surface area is 152 Å². The maximum Gasteiger partial charge on any atom is 0.290 e.